The molecule has 0 amide bonds. The zero-order valence-electron chi connectivity index (χ0n) is 16.5. The summed E-state index contributed by atoms with van der Waals surface area (Å²) < 4.78 is 58.7. The number of fused-ring (bicyclic) bond motifs is 1. The molecule has 0 radical (unpaired) electrons. The van der Waals surface area contributed by atoms with E-state index in [9.17, 15) is 17.6 Å². The molecule has 7 heteroatoms. The minimum Gasteiger partial charge on any atom is -0.496 e. The molecule has 3 aromatic rings. The van der Waals surface area contributed by atoms with Gasteiger partial charge in [-0.25, -0.2) is 9.71 Å². The van der Waals surface area contributed by atoms with E-state index in [0.29, 0.717) is 17.0 Å². The summed E-state index contributed by atoms with van der Waals surface area (Å²) in [5, 5.41) is 2.72. The van der Waals surface area contributed by atoms with Crippen LogP contribution < -0.4 is 10.1 Å². The maximum absolute atomic E-state index is 13.8. The van der Waals surface area contributed by atoms with Crippen molar-refractivity contribution < 1.29 is 22.3 Å². The molecule has 1 atom stereocenters. The summed E-state index contributed by atoms with van der Waals surface area (Å²) in [6, 6.07) is 12.6. The third-order valence-corrected chi connectivity index (χ3v) is 5.07. The molecule has 1 heterocycles. The van der Waals surface area contributed by atoms with Crippen LogP contribution in [0.1, 0.15) is 31.5 Å². The van der Waals surface area contributed by atoms with Gasteiger partial charge >= 0.3 is 6.30 Å². The second-order valence-corrected chi connectivity index (χ2v) is 7.86. The number of ether oxygens (including phenoxy) is 1. The Labute approximate surface area is 167 Å². The minimum absolute atomic E-state index is 0.127. The quantitative estimate of drug-likeness (QED) is 0.388. The fourth-order valence-electron chi connectivity index (χ4n) is 3.85. The van der Waals surface area contributed by atoms with Crippen LogP contribution in [0, 0.1) is 5.82 Å². The molecule has 0 spiro atoms. The predicted octanol–water partition coefficient (Wildman–Crippen LogP) is 5.70. The highest BCUT2D eigenvalue weighted by molar-refractivity contribution is 5.80. The van der Waals surface area contributed by atoms with Crippen LogP contribution in [0.2, 0.25) is 0 Å². The molecule has 0 fully saturated rings. The Hall–Kier alpha value is -2.54. The van der Waals surface area contributed by atoms with Gasteiger partial charge in [-0.05, 0) is 47.6 Å². The molecule has 29 heavy (non-hydrogen) atoms. The molecule has 3 nitrogen and oxygen atoms in total. The highest BCUT2D eigenvalue weighted by Gasteiger charge is 2.36. The second-order valence-electron chi connectivity index (χ2n) is 7.86. The van der Waals surface area contributed by atoms with E-state index >= 15 is 0 Å². The number of methoxy groups -OCH3 is 1. The highest BCUT2D eigenvalue weighted by atomic mass is 19.4. The molecule has 0 saturated carbocycles. The van der Waals surface area contributed by atoms with Crippen LogP contribution in [-0.2, 0) is 11.8 Å². The number of benzene rings is 2. The van der Waals surface area contributed by atoms with Gasteiger partial charge in [-0.1, -0.05) is 32.0 Å². The molecule has 2 aromatic carbocycles. The molecule has 156 valence electrons. The van der Waals surface area contributed by atoms with Crippen LogP contribution >= 0.6 is 0 Å². The van der Waals surface area contributed by atoms with Gasteiger partial charge in [-0.3, -0.25) is 0 Å². The standard InChI is InChI=1S/C22H24F4N2O/c1-21(2,18-11-15(23)8-9-20(18)29-3)13-17(28-22(24,25)26)12-16-10-14-6-4-5-7-19(14)27-16/h4-11,17,27-28H,12-13H2,1-3H3. The van der Waals surface area contributed by atoms with Crippen molar-refractivity contribution >= 4 is 10.9 Å². The zero-order valence-corrected chi connectivity index (χ0v) is 16.5. The topological polar surface area (TPSA) is 37.0 Å². The molecule has 0 aliphatic heterocycles. The summed E-state index contributed by atoms with van der Waals surface area (Å²) >= 11 is 0. The summed E-state index contributed by atoms with van der Waals surface area (Å²) in [5.41, 5.74) is 1.35. The van der Waals surface area contributed by atoms with Gasteiger partial charge < -0.3 is 9.72 Å². The van der Waals surface area contributed by atoms with Crippen molar-refractivity contribution in [2.75, 3.05) is 7.11 Å². The summed E-state index contributed by atoms with van der Waals surface area (Å²) in [4.78, 5) is 3.18. The molecular formula is C22H24F4N2O. The summed E-state index contributed by atoms with van der Waals surface area (Å²) in [6.45, 7) is 3.58. The third kappa shape index (κ3) is 5.29. The lowest BCUT2D eigenvalue weighted by atomic mass is 9.77. The fraction of sp³-hybridized carbons (Fsp3) is 0.364. The first-order valence-electron chi connectivity index (χ1n) is 9.32. The molecule has 0 aliphatic rings. The van der Waals surface area contributed by atoms with E-state index in [0.717, 1.165) is 10.9 Å². The number of para-hydroxylation sites is 1. The van der Waals surface area contributed by atoms with E-state index in [1.54, 1.807) is 19.2 Å². The lowest BCUT2D eigenvalue weighted by molar-refractivity contribution is -0.165. The fourth-order valence-corrected chi connectivity index (χ4v) is 3.85. The van der Waals surface area contributed by atoms with Gasteiger partial charge in [-0.15, -0.1) is 0 Å². The molecule has 0 aliphatic carbocycles. The van der Waals surface area contributed by atoms with Crippen molar-refractivity contribution in [1.82, 2.24) is 10.3 Å². The van der Waals surface area contributed by atoms with Crippen molar-refractivity contribution in [2.45, 2.75) is 44.4 Å². The number of alkyl halides is 3. The lowest BCUT2D eigenvalue weighted by Crippen LogP contribution is -2.45. The first kappa shape index (κ1) is 21.2. The van der Waals surface area contributed by atoms with Crippen molar-refractivity contribution in [2.24, 2.45) is 0 Å². The Morgan fingerprint density at radius 2 is 1.79 bits per heavy atom. The van der Waals surface area contributed by atoms with Gasteiger partial charge in [0.15, 0.2) is 0 Å². The summed E-state index contributed by atoms with van der Waals surface area (Å²) in [5.74, 6) is -0.00223. The number of halogens is 4. The van der Waals surface area contributed by atoms with Gasteiger partial charge in [0.2, 0.25) is 0 Å². The number of nitrogens with one attached hydrogen (secondary N) is 2. The zero-order chi connectivity index (χ0) is 21.2. The van der Waals surface area contributed by atoms with Crippen molar-refractivity contribution in [1.29, 1.82) is 0 Å². The largest absolute Gasteiger partial charge is 0.496 e. The van der Waals surface area contributed by atoms with Gasteiger partial charge in [0, 0.05) is 29.2 Å². The molecule has 0 bridgehead atoms. The van der Waals surface area contributed by atoms with Crippen LogP contribution in [-0.4, -0.2) is 24.4 Å². The van der Waals surface area contributed by atoms with Crippen molar-refractivity contribution in [3.63, 3.8) is 0 Å². The number of hydrogen-bond acceptors (Lipinski definition) is 2. The minimum atomic E-state index is -4.53. The number of aromatic amines is 1. The van der Waals surface area contributed by atoms with E-state index < -0.39 is 23.6 Å². The SMILES string of the molecule is COc1ccc(F)cc1C(C)(C)CC(Cc1cc2ccccc2[nH]1)NC(F)(F)F. The Morgan fingerprint density at radius 1 is 1.07 bits per heavy atom. The molecule has 1 aromatic heterocycles. The van der Waals surface area contributed by atoms with Crippen LogP contribution in [0.4, 0.5) is 17.6 Å². The van der Waals surface area contributed by atoms with Crippen LogP contribution in [0.3, 0.4) is 0 Å². The van der Waals surface area contributed by atoms with Crippen molar-refractivity contribution in [3.05, 3.63) is 65.6 Å². The second kappa shape index (κ2) is 8.06. The Morgan fingerprint density at radius 3 is 2.45 bits per heavy atom. The Balaban J connectivity index is 1.89. The van der Waals surface area contributed by atoms with Crippen LogP contribution in [0.15, 0.2) is 48.5 Å². The number of rotatable bonds is 7. The van der Waals surface area contributed by atoms with E-state index in [1.165, 1.54) is 25.3 Å². The highest BCUT2D eigenvalue weighted by Crippen LogP contribution is 2.37. The van der Waals surface area contributed by atoms with Gasteiger partial charge in [0.05, 0.1) is 7.11 Å². The van der Waals surface area contributed by atoms with E-state index in [1.807, 2.05) is 30.3 Å². The first-order valence-corrected chi connectivity index (χ1v) is 9.32. The molecule has 3 rings (SSSR count). The van der Waals surface area contributed by atoms with Gasteiger partial charge in [-0.2, -0.15) is 13.2 Å². The van der Waals surface area contributed by atoms with Gasteiger partial charge in [0.1, 0.15) is 11.6 Å². The number of H-pyrrole nitrogens is 1. The maximum Gasteiger partial charge on any atom is 0.457 e. The average molecular weight is 408 g/mol. The first-order chi connectivity index (χ1) is 13.6. The van der Waals surface area contributed by atoms with Crippen molar-refractivity contribution in [3.8, 4) is 5.75 Å². The summed E-state index contributed by atoms with van der Waals surface area (Å²) in [6.07, 6.45) is -4.25. The number of hydrogen-bond donors (Lipinski definition) is 2. The molecule has 1 unspecified atom stereocenters. The lowest BCUT2D eigenvalue weighted by Gasteiger charge is -2.32. The maximum atomic E-state index is 13.8. The van der Waals surface area contributed by atoms with E-state index in [-0.39, 0.29) is 12.8 Å². The Bertz CT molecular complexity index is 945. The molecular weight excluding hydrogens is 384 g/mol. The number of aromatic nitrogens is 1. The smallest absolute Gasteiger partial charge is 0.457 e. The molecule has 0 saturated heterocycles. The normalized spacial score (nSPS) is 13.6. The van der Waals surface area contributed by atoms with Crippen LogP contribution in [0.5, 0.6) is 5.75 Å². The predicted molar refractivity (Wildman–Crippen MR) is 106 cm³/mol. The Kier molecular flexibility index (Phi) is 5.89. The van der Waals surface area contributed by atoms with E-state index in [4.69, 9.17) is 4.74 Å². The summed E-state index contributed by atoms with van der Waals surface area (Å²) in [7, 11) is 1.46. The van der Waals surface area contributed by atoms with Crippen LogP contribution in [0.25, 0.3) is 10.9 Å². The van der Waals surface area contributed by atoms with E-state index in [2.05, 4.69) is 4.98 Å². The third-order valence-electron chi connectivity index (χ3n) is 5.07. The van der Waals surface area contributed by atoms with Gasteiger partial charge in [0.25, 0.3) is 0 Å². The monoisotopic (exact) mass is 408 g/mol. The average Bonchev–Trinajstić information content (AvgIpc) is 3.02. The molecule has 2 N–H and O–H groups in total.